The molecule has 0 saturated carbocycles. The molecule has 5 rings (SSSR count). The minimum absolute atomic E-state index is 0.246. The fourth-order valence-electron chi connectivity index (χ4n) is 3.76. The van der Waals surface area contributed by atoms with E-state index in [0.717, 1.165) is 44.6 Å². The Hall–Kier alpha value is -4.26. The zero-order valence-electron chi connectivity index (χ0n) is 17.2. The van der Waals surface area contributed by atoms with Crippen molar-refractivity contribution in [3.63, 3.8) is 0 Å². The third-order valence-electron chi connectivity index (χ3n) is 5.32. The second-order valence-electron chi connectivity index (χ2n) is 7.39. The van der Waals surface area contributed by atoms with E-state index in [0.29, 0.717) is 5.69 Å². The molecule has 152 valence electrons. The molecule has 1 amide bonds. The summed E-state index contributed by atoms with van der Waals surface area (Å²) in [5.74, 6) is -0.246. The molecule has 31 heavy (non-hydrogen) atoms. The highest BCUT2D eigenvalue weighted by atomic mass is 16.1. The molecule has 0 fully saturated rings. The molecular weight excluding hydrogens is 388 g/mol. The van der Waals surface area contributed by atoms with Crippen LogP contribution >= 0.6 is 0 Å². The van der Waals surface area contributed by atoms with Crippen molar-refractivity contribution in [1.29, 1.82) is 0 Å². The molecule has 0 spiro atoms. The summed E-state index contributed by atoms with van der Waals surface area (Å²) >= 11 is 0. The van der Waals surface area contributed by atoms with E-state index in [4.69, 9.17) is 4.98 Å². The molecule has 4 aromatic heterocycles. The number of aromatic nitrogens is 5. The lowest BCUT2D eigenvalue weighted by molar-refractivity contribution is -0.111. The van der Waals surface area contributed by atoms with Crippen LogP contribution in [0.5, 0.6) is 0 Å². The van der Waals surface area contributed by atoms with E-state index in [1.54, 1.807) is 4.68 Å². The van der Waals surface area contributed by atoms with E-state index in [9.17, 15) is 4.79 Å². The highest BCUT2D eigenvalue weighted by Crippen LogP contribution is 2.30. The maximum Gasteiger partial charge on any atom is 0.247 e. The van der Waals surface area contributed by atoms with Crippen LogP contribution in [-0.2, 0) is 11.8 Å². The summed E-state index contributed by atoms with van der Waals surface area (Å²) < 4.78 is 3.84. The molecule has 0 aliphatic rings. The molecule has 0 radical (unpaired) electrons. The highest BCUT2D eigenvalue weighted by Gasteiger charge is 2.15. The Bertz CT molecular complexity index is 1480. The number of pyridine rings is 2. The Labute approximate surface area is 178 Å². The van der Waals surface area contributed by atoms with Crippen molar-refractivity contribution in [3.05, 3.63) is 79.5 Å². The number of rotatable bonds is 4. The van der Waals surface area contributed by atoms with Crippen molar-refractivity contribution in [2.75, 3.05) is 5.32 Å². The number of nitrogens with zero attached hydrogens (tertiary/aromatic N) is 5. The fraction of sp³-hybridized carbons (Fsp3) is 0.0833. The number of imidazole rings is 1. The Morgan fingerprint density at radius 2 is 2.00 bits per heavy atom. The van der Waals surface area contributed by atoms with Crippen molar-refractivity contribution >= 4 is 28.1 Å². The zero-order chi connectivity index (χ0) is 21.5. The van der Waals surface area contributed by atoms with E-state index in [2.05, 4.69) is 32.4 Å². The topological polar surface area (TPSA) is 77.1 Å². The normalized spacial score (nSPS) is 11.2. The lowest BCUT2D eigenvalue weighted by Gasteiger charge is -2.05. The molecule has 5 aromatic rings. The van der Waals surface area contributed by atoms with Crippen molar-refractivity contribution in [1.82, 2.24) is 24.1 Å². The predicted octanol–water partition coefficient (Wildman–Crippen LogP) is 4.38. The second kappa shape index (κ2) is 7.21. The molecule has 1 aromatic carbocycles. The van der Waals surface area contributed by atoms with Gasteiger partial charge in [0.2, 0.25) is 5.91 Å². The molecule has 0 atom stereocenters. The summed E-state index contributed by atoms with van der Waals surface area (Å²) in [6.45, 7) is 5.54. The monoisotopic (exact) mass is 408 g/mol. The van der Waals surface area contributed by atoms with Crippen LogP contribution < -0.4 is 5.32 Å². The average molecular weight is 408 g/mol. The number of fused-ring (bicyclic) bond motifs is 3. The molecule has 7 nitrogen and oxygen atoms in total. The van der Waals surface area contributed by atoms with Gasteiger partial charge in [-0.15, -0.1) is 0 Å². The van der Waals surface area contributed by atoms with Gasteiger partial charge in [0.05, 0.1) is 17.4 Å². The van der Waals surface area contributed by atoms with Crippen molar-refractivity contribution < 1.29 is 4.79 Å². The molecule has 0 aliphatic carbocycles. The van der Waals surface area contributed by atoms with E-state index >= 15 is 0 Å². The number of amides is 1. The van der Waals surface area contributed by atoms with E-state index < -0.39 is 0 Å². The Balaban J connectivity index is 1.66. The molecule has 0 bridgehead atoms. The molecule has 1 N–H and O–H groups in total. The van der Waals surface area contributed by atoms with E-state index in [1.165, 1.54) is 6.08 Å². The Kier molecular flexibility index (Phi) is 4.36. The first-order chi connectivity index (χ1) is 15.0. The standard InChI is InChI=1S/C24H20N6O/c1-4-22(31)27-19-7-5-6-16(10-19)23-15(2)30-9-8-21-20(24(30)28-23)11-17(12-25-21)18-13-26-29(3)14-18/h4-14H,1H2,2-3H3,(H,27,31). The van der Waals surface area contributed by atoms with Crippen molar-refractivity contribution in [3.8, 4) is 22.4 Å². The fourth-order valence-corrected chi connectivity index (χ4v) is 3.76. The Morgan fingerprint density at radius 3 is 2.77 bits per heavy atom. The van der Waals surface area contributed by atoms with Crippen molar-refractivity contribution in [2.45, 2.75) is 6.92 Å². The summed E-state index contributed by atoms with van der Waals surface area (Å²) in [6, 6.07) is 11.7. The van der Waals surface area contributed by atoms with Gasteiger partial charge in [0.1, 0.15) is 5.65 Å². The zero-order valence-corrected chi connectivity index (χ0v) is 17.2. The minimum Gasteiger partial charge on any atom is -0.323 e. The quantitative estimate of drug-likeness (QED) is 0.448. The third kappa shape index (κ3) is 3.26. The number of carbonyl (C=O) groups is 1. The SMILES string of the molecule is C=CC(=O)Nc1cccc(-c2nc3c4cc(-c5cnn(C)c5)cnc4ccn3c2C)c1. The highest BCUT2D eigenvalue weighted by molar-refractivity contribution is 5.99. The van der Waals surface area contributed by atoms with Crippen molar-refractivity contribution in [2.24, 2.45) is 7.05 Å². The number of hydrogen-bond acceptors (Lipinski definition) is 4. The molecule has 0 saturated heterocycles. The molecule has 7 heteroatoms. The van der Waals surface area contributed by atoms with Crippen LogP contribution in [0.1, 0.15) is 5.69 Å². The molecule has 0 unspecified atom stereocenters. The second-order valence-corrected chi connectivity index (χ2v) is 7.39. The first kappa shape index (κ1) is 18.7. The maximum atomic E-state index is 11.7. The number of anilines is 1. The lowest BCUT2D eigenvalue weighted by atomic mass is 10.1. The third-order valence-corrected chi connectivity index (χ3v) is 5.32. The van der Waals surface area contributed by atoms with Crippen LogP contribution in [-0.4, -0.2) is 30.1 Å². The molecule has 4 heterocycles. The van der Waals surface area contributed by atoms with Gasteiger partial charge in [0.15, 0.2) is 0 Å². The largest absolute Gasteiger partial charge is 0.323 e. The van der Waals surface area contributed by atoms with Crippen LogP contribution in [0.15, 0.2) is 73.8 Å². The van der Waals surface area contributed by atoms with Crippen LogP contribution in [0.3, 0.4) is 0 Å². The van der Waals surface area contributed by atoms with Crippen LogP contribution in [0, 0.1) is 6.92 Å². The molecular formula is C24H20N6O. The van der Waals surface area contributed by atoms with Gasteiger partial charge in [-0.2, -0.15) is 5.10 Å². The van der Waals surface area contributed by atoms with Gasteiger partial charge in [0, 0.05) is 59.1 Å². The number of benzene rings is 1. The van der Waals surface area contributed by atoms with E-state index in [1.807, 2.05) is 69.1 Å². The van der Waals surface area contributed by atoms with Crippen LogP contribution in [0.4, 0.5) is 5.69 Å². The van der Waals surface area contributed by atoms with Gasteiger partial charge in [-0.3, -0.25) is 14.5 Å². The van der Waals surface area contributed by atoms with Gasteiger partial charge in [-0.25, -0.2) is 4.98 Å². The van der Waals surface area contributed by atoms with Crippen LogP contribution in [0.2, 0.25) is 0 Å². The smallest absolute Gasteiger partial charge is 0.247 e. The predicted molar refractivity (Wildman–Crippen MR) is 122 cm³/mol. The first-order valence-corrected chi connectivity index (χ1v) is 9.84. The summed E-state index contributed by atoms with van der Waals surface area (Å²) in [5.41, 5.74) is 7.20. The number of carbonyl (C=O) groups excluding carboxylic acids is 1. The summed E-state index contributed by atoms with van der Waals surface area (Å²) in [6.07, 6.45) is 8.90. The number of aryl methyl sites for hydroxylation is 2. The van der Waals surface area contributed by atoms with E-state index in [-0.39, 0.29) is 5.91 Å². The van der Waals surface area contributed by atoms with Crippen LogP contribution in [0.25, 0.3) is 38.9 Å². The van der Waals surface area contributed by atoms with Gasteiger partial charge in [0.25, 0.3) is 0 Å². The van der Waals surface area contributed by atoms with Gasteiger partial charge in [-0.05, 0) is 37.3 Å². The minimum atomic E-state index is -0.246. The first-order valence-electron chi connectivity index (χ1n) is 9.84. The lowest BCUT2D eigenvalue weighted by Crippen LogP contribution is -2.07. The summed E-state index contributed by atoms with van der Waals surface area (Å²) in [5, 5.41) is 8.03. The number of nitrogens with one attached hydrogen (secondary N) is 1. The summed E-state index contributed by atoms with van der Waals surface area (Å²) in [7, 11) is 1.89. The average Bonchev–Trinajstić information content (AvgIpc) is 3.37. The number of hydrogen-bond donors (Lipinski definition) is 1. The molecule has 0 aliphatic heterocycles. The van der Waals surface area contributed by atoms with Gasteiger partial charge in [-0.1, -0.05) is 18.7 Å². The van der Waals surface area contributed by atoms with Gasteiger partial charge >= 0.3 is 0 Å². The summed E-state index contributed by atoms with van der Waals surface area (Å²) in [4.78, 5) is 21.3. The maximum absolute atomic E-state index is 11.7. The Morgan fingerprint density at radius 1 is 1.13 bits per heavy atom. The van der Waals surface area contributed by atoms with Gasteiger partial charge < -0.3 is 9.72 Å².